The van der Waals surface area contributed by atoms with Crippen molar-refractivity contribution in [1.82, 2.24) is 24.7 Å². The lowest BCUT2D eigenvalue weighted by Crippen LogP contribution is -2.49. The number of nitrogens with zero attached hydrogens (tertiary/aromatic N) is 5. The molecule has 1 aliphatic rings. The minimum Gasteiger partial charge on any atom is -0.357 e. The van der Waals surface area contributed by atoms with Crippen molar-refractivity contribution in [2.24, 2.45) is 10.9 Å². The number of likely N-dealkylation sites (tertiary alicyclic amines) is 1. The molecule has 7 heteroatoms. The number of piperidine rings is 1. The van der Waals surface area contributed by atoms with E-state index in [4.69, 9.17) is 4.99 Å². The van der Waals surface area contributed by atoms with Crippen molar-refractivity contribution in [1.29, 1.82) is 0 Å². The van der Waals surface area contributed by atoms with Gasteiger partial charge >= 0.3 is 0 Å². The molecule has 1 aromatic carbocycles. The Morgan fingerprint density at radius 3 is 2.77 bits per heavy atom. The minimum absolute atomic E-state index is 0. The zero-order chi connectivity index (χ0) is 20.6. The van der Waals surface area contributed by atoms with E-state index in [1.54, 1.807) is 0 Å². The van der Waals surface area contributed by atoms with Gasteiger partial charge in [0.25, 0.3) is 0 Å². The van der Waals surface area contributed by atoms with Crippen LogP contribution in [-0.4, -0.2) is 64.6 Å². The van der Waals surface area contributed by atoms with Gasteiger partial charge in [0, 0.05) is 44.6 Å². The summed E-state index contributed by atoms with van der Waals surface area (Å²) in [6.45, 7) is 11.4. The molecule has 3 unspecified atom stereocenters. The zero-order valence-electron chi connectivity index (χ0n) is 18.7. The maximum atomic E-state index is 5.01. The Kier molecular flexibility index (Phi) is 10.1. The number of rotatable bonds is 7. The fraction of sp³-hybridized carbons (Fsp3) is 0.565. The van der Waals surface area contributed by atoms with Gasteiger partial charge in [0.05, 0.1) is 18.9 Å². The molecule has 166 valence electrons. The second kappa shape index (κ2) is 12.3. The van der Waals surface area contributed by atoms with Gasteiger partial charge in [-0.05, 0) is 38.8 Å². The molecule has 1 aliphatic heterocycles. The molecule has 1 N–H and O–H groups in total. The molecule has 2 aromatic rings. The van der Waals surface area contributed by atoms with Crippen molar-refractivity contribution < 1.29 is 0 Å². The lowest BCUT2D eigenvalue weighted by molar-refractivity contribution is 0.188. The molecule has 0 bridgehead atoms. The van der Waals surface area contributed by atoms with Gasteiger partial charge in [-0.2, -0.15) is 0 Å². The number of likely N-dealkylation sites (N-methyl/N-ethyl adjacent to an activating group) is 1. The van der Waals surface area contributed by atoms with Gasteiger partial charge in [-0.3, -0.25) is 9.89 Å². The zero-order valence-corrected chi connectivity index (χ0v) is 21.1. The maximum Gasteiger partial charge on any atom is 0.194 e. The number of aromatic nitrogens is 2. The Hall–Kier alpha value is -1.61. The van der Waals surface area contributed by atoms with E-state index in [1.807, 2.05) is 12.5 Å². The number of benzene rings is 1. The summed E-state index contributed by atoms with van der Waals surface area (Å²) in [5.74, 6) is 1.67. The van der Waals surface area contributed by atoms with Gasteiger partial charge in [-0.25, -0.2) is 4.98 Å². The van der Waals surface area contributed by atoms with Crippen LogP contribution in [0.4, 0.5) is 0 Å². The SMILES string of the molecule is CCNC(=NCC(C)N(C)Cc1ccccc1)N1CCC(C)C(n2ccnc2)C1.I. The minimum atomic E-state index is 0. The van der Waals surface area contributed by atoms with Crippen molar-refractivity contribution in [2.75, 3.05) is 33.2 Å². The molecule has 0 amide bonds. The lowest BCUT2D eigenvalue weighted by Gasteiger charge is -2.39. The van der Waals surface area contributed by atoms with Gasteiger partial charge in [-0.15, -0.1) is 24.0 Å². The highest BCUT2D eigenvalue weighted by molar-refractivity contribution is 14.0. The third-order valence-corrected chi connectivity index (χ3v) is 5.99. The number of aliphatic imine (C=N–C) groups is 1. The van der Waals surface area contributed by atoms with Gasteiger partial charge in [0.2, 0.25) is 0 Å². The molecule has 0 spiro atoms. The van der Waals surface area contributed by atoms with Crippen molar-refractivity contribution in [3.8, 4) is 0 Å². The van der Waals surface area contributed by atoms with Crippen LogP contribution in [0.2, 0.25) is 0 Å². The summed E-state index contributed by atoms with van der Waals surface area (Å²) in [6.07, 6.45) is 7.05. The van der Waals surface area contributed by atoms with E-state index in [9.17, 15) is 0 Å². The average Bonchev–Trinajstić information content (AvgIpc) is 3.26. The van der Waals surface area contributed by atoms with Gasteiger partial charge < -0.3 is 14.8 Å². The van der Waals surface area contributed by atoms with Crippen LogP contribution in [-0.2, 0) is 6.54 Å². The predicted molar refractivity (Wildman–Crippen MR) is 135 cm³/mol. The van der Waals surface area contributed by atoms with Gasteiger partial charge in [0.15, 0.2) is 5.96 Å². The first-order valence-corrected chi connectivity index (χ1v) is 10.8. The molecule has 1 fully saturated rings. The van der Waals surface area contributed by atoms with E-state index >= 15 is 0 Å². The number of hydrogen-bond acceptors (Lipinski definition) is 3. The van der Waals surface area contributed by atoms with Gasteiger partial charge in [0.1, 0.15) is 0 Å². The normalized spacial score (nSPS) is 20.7. The first-order chi connectivity index (χ1) is 14.1. The van der Waals surface area contributed by atoms with E-state index in [2.05, 4.69) is 89.0 Å². The molecule has 3 atom stereocenters. The Morgan fingerprint density at radius 1 is 1.33 bits per heavy atom. The van der Waals surface area contributed by atoms with Crippen molar-refractivity contribution in [2.45, 2.75) is 45.8 Å². The summed E-state index contributed by atoms with van der Waals surface area (Å²) in [5, 5.41) is 3.51. The van der Waals surface area contributed by atoms with Crippen LogP contribution < -0.4 is 5.32 Å². The summed E-state index contributed by atoms with van der Waals surface area (Å²) in [6, 6.07) is 11.4. The first-order valence-electron chi connectivity index (χ1n) is 10.8. The molecule has 30 heavy (non-hydrogen) atoms. The Labute approximate surface area is 198 Å². The average molecular weight is 524 g/mol. The monoisotopic (exact) mass is 524 g/mol. The third-order valence-electron chi connectivity index (χ3n) is 5.99. The summed E-state index contributed by atoms with van der Waals surface area (Å²) in [7, 11) is 2.18. The smallest absolute Gasteiger partial charge is 0.194 e. The molecule has 2 heterocycles. The van der Waals surface area contributed by atoms with E-state index in [0.717, 1.165) is 45.1 Å². The van der Waals surface area contributed by atoms with Crippen molar-refractivity contribution in [3.63, 3.8) is 0 Å². The first kappa shape index (κ1) is 24.7. The molecule has 0 radical (unpaired) electrons. The maximum absolute atomic E-state index is 5.01. The highest BCUT2D eigenvalue weighted by Gasteiger charge is 2.29. The van der Waals surface area contributed by atoms with E-state index < -0.39 is 0 Å². The number of halogens is 1. The molecular weight excluding hydrogens is 487 g/mol. The summed E-state index contributed by atoms with van der Waals surface area (Å²) in [5.41, 5.74) is 1.34. The van der Waals surface area contributed by atoms with Crippen LogP contribution in [0.3, 0.4) is 0 Å². The molecule has 1 saturated heterocycles. The fourth-order valence-electron chi connectivity index (χ4n) is 3.91. The van der Waals surface area contributed by atoms with E-state index in [1.165, 1.54) is 5.56 Å². The molecular formula is C23H37IN6. The highest BCUT2D eigenvalue weighted by Crippen LogP contribution is 2.27. The van der Waals surface area contributed by atoms with E-state index in [-0.39, 0.29) is 24.0 Å². The second-order valence-electron chi connectivity index (χ2n) is 8.23. The number of nitrogens with one attached hydrogen (secondary N) is 1. The van der Waals surface area contributed by atoms with Crippen LogP contribution in [0, 0.1) is 5.92 Å². The van der Waals surface area contributed by atoms with Crippen LogP contribution in [0.15, 0.2) is 54.0 Å². The standard InChI is InChI=1S/C23H36N6.HI/c1-5-25-23(26-15-20(3)27(4)16-21-9-7-6-8-10-21)28-13-11-19(2)22(17-28)29-14-12-24-18-29;/h6-10,12,14,18-20,22H,5,11,13,15-17H2,1-4H3,(H,25,26);1H. The van der Waals surface area contributed by atoms with Crippen molar-refractivity contribution >= 4 is 29.9 Å². The fourth-order valence-corrected chi connectivity index (χ4v) is 3.91. The van der Waals surface area contributed by atoms with Crippen molar-refractivity contribution in [3.05, 3.63) is 54.6 Å². The summed E-state index contributed by atoms with van der Waals surface area (Å²) >= 11 is 0. The van der Waals surface area contributed by atoms with Crippen LogP contribution in [0.25, 0.3) is 0 Å². The van der Waals surface area contributed by atoms with Crippen LogP contribution in [0.1, 0.15) is 38.8 Å². The second-order valence-corrected chi connectivity index (χ2v) is 8.23. The quantitative estimate of drug-likeness (QED) is 0.340. The number of imidazole rings is 1. The molecule has 1 aromatic heterocycles. The summed E-state index contributed by atoms with van der Waals surface area (Å²) in [4.78, 5) is 14.0. The molecule has 0 saturated carbocycles. The topological polar surface area (TPSA) is 48.7 Å². The Morgan fingerprint density at radius 2 is 2.10 bits per heavy atom. The van der Waals surface area contributed by atoms with Gasteiger partial charge in [-0.1, -0.05) is 37.3 Å². The van der Waals surface area contributed by atoms with Crippen LogP contribution >= 0.6 is 24.0 Å². The largest absolute Gasteiger partial charge is 0.357 e. The lowest BCUT2D eigenvalue weighted by atomic mass is 9.93. The molecule has 3 rings (SSSR count). The predicted octanol–water partition coefficient (Wildman–Crippen LogP) is 3.87. The highest BCUT2D eigenvalue weighted by atomic mass is 127. The Balaban J connectivity index is 0.00000320. The molecule has 0 aliphatic carbocycles. The summed E-state index contributed by atoms with van der Waals surface area (Å²) < 4.78 is 2.25. The number of guanidine groups is 1. The number of hydrogen-bond donors (Lipinski definition) is 1. The van der Waals surface area contributed by atoms with E-state index in [0.29, 0.717) is 18.0 Å². The molecule has 6 nitrogen and oxygen atoms in total. The van der Waals surface area contributed by atoms with Crippen LogP contribution in [0.5, 0.6) is 0 Å². The Bertz CT molecular complexity index is 748. The third kappa shape index (κ3) is 6.70.